The average Bonchev–Trinajstić information content (AvgIpc) is 2.43. The third-order valence-electron chi connectivity index (χ3n) is 4.04. The highest BCUT2D eigenvalue weighted by Gasteiger charge is 2.22. The molecule has 0 saturated carbocycles. The van der Waals surface area contributed by atoms with Crippen LogP contribution in [0.3, 0.4) is 0 Å². The summed E-state index contributed by atoms with van der Waals surface area (Å²) in [7, 11) is 2.14. The van der Waals surface area contributed by atoms with Crippen LogP contribution in [0.1, 0.15) is 36.4 Å². The first-order chi connectivity index (χ1) is 9.61. The highest BCUT2D eigenvalue weighted by molar-refractivity contribution is 9.10. The normalized spacial score (nSPS) is 21.1. The number of aryl methyl sites for hydroxylation is 1. The molecule has 2 N–H and O–H groups in total. The zero-order chi connectivity index (χ0) is 14.5. The van der Waals surface area contributed by atoms with E-state index < -0.39 is 0 Å². The first-order valence-electron chi connectivity index (χ1n) is 7.39. The average molecular weight is 341 g/mol. The van der Waals surface area contributed by atoms with Crippen LogP contribution < -0.4 is 5.73 Å². The molecule has 1 aromatic rings. The van der Waals surface area contributed by atoms with Gasteiger partial charge in [-0.3, -0.25) is 4.90 Å². The van der Waals surface area contributed by atoms with Crippen LogP contribution in [0.25, 0.3) is 0 Å². The number of hydrogen-bond acceptors (Lipinski definition) is 3. The van der Waals surface area contributed by atoms with E-state index in [1.165, 1.54) is 24.0 Å². The molecule has 2 rings (SSSR count). The SMILES string of the molecule is Cc1ccc(C(CN)N(C)CC2CCCCO2)c(Br)c1. The zero-order valence-corrected chi connectivity index (χ0v) is 14.0. The van der Waals surface area contributed by atoms with E-state index in [4.69, 9.17) is 10.5 Å². The predicted molar refractivity (Wildman–Crippen MR) is 86.9 cm³/mol. The van der Waals surface area contributed by atoms with Gasteiger partial charge in [-0.15, -0.1) is 0 Å². The molecule has 3 nitrogen and oxygen atoms in total. The molecule has 0 spiro atoms. The second-order valence-corrected chi connectivity index (χ2v) is 6.56. The summed E-state index contributed by atoms with van der Waals surface area (Å²) in [6, 6.07) is 6.71. The summed E-state index contributed by atoms with van der Waals surface area (Å²) < 4.78 is 6.98. The van der Waals surface area contributed by atoms with Crippen LogP contribution in [0.2, 0.25) is 0 Å². The standard InChI is InChI=1S/C16H25BrN2O/c1-12-6-7-14(15(17)9-12)16(10-18)19(2)11-13-5-3-4-8-20-13/h6-7,9,13,16H,3-5,8,10-11,18H2,1-2H3. The summed E-state index contributed by atoms with van der Waals surface area (Å²) in [6.45, 7) is 4.57. The fourth-order valence-corrected chi connectivity index (χ4v) is 3.60. The van der Waals surface area contributed by atoms with Crippen molar-refractivity contribution in [2.75, 3.05) is 26.7 Å². The van der Waals surface area contributed by atoms with E-state index >= 15 is 0 Å². The predicted octanol–water partition coefficient (Wildman–Crippen LogP) is 3.26. The third kappa shape index (κ3) is 4.04. The Balaban J connectivity index is 2.06. The minimum atomic E-state index is 0.232. The quantitative estimate of drug-likeness (QED) is 0.893. The molecule has 0 amide bonds. The maximum Gasteiger partial charge on any atom is 0.0702 e. The van der Waals surface area contributed by atoms with E-state index in [1.807, 2.05) is 0 Å². The Morgan fingerprint density at radius 3 is 2.85 bits per heavy atom. The number of ether oxygens (including phenoxy) is 1. The Kier molecular flexibility index (Phi) is 6.02. The lowest BCUT2D eigenvalue weighted by molar-refractivity contribution is -0.00782. The minimum Gasteiger partial charge on any atom is -0.377 e. The van der Waals surface area contributed by atoms with Crippen molar-refractivity contribution in [3.05, 3.63) is 33.8 Å². The number of likely N-dealkylation sites (N-methyl/N-ethyl adjacent to an activating group) is 1. The van der Waals surface area contributed by atoms with E-state index in [-0.39, 0.29) is 6.04 Å². The Morgan fingerprint density at radius 2 is 2.25 bits per heavy atom. The number of benzene rings is 1. The molecule has 1 saturated heterocycles. The van der Waals surface area contributed by atoms with E-state index in [9.17, 15) is 0 Å². The maximum absolute atomic E-state index is 6.01. The molecule has 1 aliphatic heterocycles. The van der Waals surface area contributed by atoms with Gasteiger partial charge in [0.25, 0.3) is 0 Å². The maximum atomic E-state index is 6.01. The molecule has 0 aromatic heterocycles. The topological polar surface area (TPSA) is 38.5 Å². The van der Waals surface area contributed by atoms with Crippen molar-refractivity contribution in [1.29, 1.82) is 0 Å². The van der Waals surface area contributed by atoms with Crippen molar-refractivity contribution in [2.45, 2.75) is 38.3 Å². The van der Waals surface area contributed by atoms with Gasteiger partial charge in [-0.1, -0.05) is 28.1 Å². The first-order valence-corrected chi connectivity index (χ1v) is 8.19. The smallest absolute Gasteiger partial charge is 0.0702 e. The van der Waals surface area contributed by atoms with Crippen LogP contribution in [0.5, 0.6) is 0 Å². The summed E-state index contributed by atoms with van der Waals surface area (Å²) >= 11 is 3.67. The summed E-state index contributed by atoms with van der Waals surface area (Å²) in [5.41, 5.74) is 8.53. The van der Waals surface area contributed by atoms with Crippen molar-refractivity contribution < 1.29 is 4.74 Å². The number of rotatable bonds is 5. The molecular weight excluding hydrogens is 316 g/mol. The fourth-order valence-electron chi connectivity index (χ4n) is 2.85. The van der Waals surface area contributed by atoms with Gasteiger partial charge in [0, 0.05) is 30.2 Å². The van der Waals surface area contributed by atoms with Gasteiger partial charge < -0.3 is 10.5 Å². The summed E-state index contributed by atoms with van der Waals surface area (Å²) in [5, 5.41) is 0. The van der Waals surface area contributed by atoms with Gasteiger partial charge in [-0.05, 0) is 50.4 Å². The molecule has 2 unspecified atom stereocenters. The third-order valence-corrected chi connectivity index (χ3v) is 4.72. The molecule has 20 heavy (non-hydrogen) atoms. The number of halogens is 1. The van der Waals surface area contributed by atoms with Crippen molar-refractivity contribution in [3.63, 3.8) is 0 Å². The lowest BCUT2D eigenvalue weighted by Crippen LogP contribution is -2.38. The Hall–Kier alpha value is -0.420. The Bertz CT molecular complexity index is 432. The van der Waals surface area contributed by atoms with E-state index in [0.29, 0.717) is 12.6 Å². The van der Waals surface area contributed by atoms with Crippen LogP contribution in [0.4, 0.5) is 0 Å². The van der Waals surface area contributed by atoms with Crippen LogP contribution >= 0.6 is 15.9 Å². The second-order valence-electron chi connectivity index (χ2n) is 5.70. The molecule has 1 heterocycles. The van der Waals surface area contributed by atoms with Gasteiger partial charge in [0.1, 0.15) is 0 Å². The summed E-state index contributed by atoms with van der Waals surface area (Å²) in [4.78, 5) is 2.32. The van der Waals surface area contributed by atoms with E-state index in [2.05, 4.69) is 53.0 Å². The van der Waals surface area contributed by atoms with Gasteiger partial charge >= 0.3 is 0 Å². The van der Waals surface area contributed by atoms with Gasteiger partial charge in [-0.2, -0.15) is 0 Å². The lowest BCUT2D eigenvalue weighted by atomic mass is 10.0. The summed E-state index contributed by atoms with van der Waals surface area (Å²) in [5.74, 6) is 0. The highest BCUT2D eigenvalue weighted by atomic mass is 79.9. The van der Waals surface area contributed by atoms with Crippen molar-refractivity contribution in [1.82, 2.24) is 4.90 Å². The van der Waals surface area contributed by atoms with Crippen LogP contribution in [0, 0.1) is 6.92 Å². The van der Waals surface area contributed by atoms with Crippen molar-refractivity contribution >= 4 is 15.9 Å². The van der Waals surface area contributed by atoms with Crippen molar-refractivity contribution in [2.24, 2.45) is 5.73 Å². The monoisotopic (exact) mass is 340 g/mol. The molecule has 112 valence electrons. The molecule has 4 heteroatoms. The highest BCUT2D eigenvalue weighted by Crippen LogP contribution is 2.28. The Morgan fingerprint density at radius 1 is 1.45 bits per heavy atom. The fraction of sp³-hybridized carbons (Fsp3) is 0.625. The summed E-state index contributed by atoms with van der Waals surface area (Å²) in [6.07, 6.45) is 3.99. The molecule has 0 radical (unpaired) electrons. The van der Waals surface area contributed by atoms with Crippen LogP contribution in [0.15, 0.2) is 22.7 Å². The molecule has 1 fully saturated rings. The van der Waals surface area contributed by atoms with Gasteiger partial charge in [0.05, 0.1) is 6.10 Å². The molecule has 1 aliphatic rings. The molecule has 0 bridgehead atoms. The first kappa shape index (κ1) is 16.0. The van der Waals surface area contributed by atoms with Crippen LogP contribution in [-0.4, -0.2) is 37.7 Å². The van der Waals surface area contributed by atoms with Crippen molar-refractivity contribution in [3.8, 4) is 0 Å². The lowest BCUT2D eigenvalue weighted by Gasteiger charge is -2.33. The van der Waals surface area contributed by atoms with Crippen LogP contribution in [-0.2, 0) is 4.74 Å². The largest absolute Gasteiger partial charge is 0.377 e. The molecule has 0 aliphatic carbocycles. The van der Waals surface area contributed by atoms with Gasteiger partial charge in [0.2, 0.25) is 0 Å². The number of hydrogen-bond donors (Lipinski definition) is 1. The Labute approximate surface area is 130 Å². The second kappa shape index (κ2) is 7.55. The number of nitrogens with two attached hydrogens (primary N) is 1. The molecule has 1 aromatic carbocycles. The minimum absolute atomic E-state index is 0.232. The van der Waals surface area contributed by atoms with Gasteiger partial charge in [-0.25, -0.2) is 0 Å². The van der Waals surface area contributed by atoms with Gasteiger partial charge in [0.15, 0.2) is 0 Å². The molecular formula is C16H25BrN2O. The number of nitrogens with zero attached hydrogens (tertiary/aromatic N) is 1. The van der Waals surface area contributed by atoms with E-state index in [0.717, 1.165) is 24.0 Å². The molecule has 2 atom stereocenters. The van der Waals surface area contributed by atoms with E-state index in [1.54, 1.807) is 0 Å². The zero-order valence-electron chi connectivity index (χ0n) is 12.4.